The van der Waals surface area contributed by atoms with E-state index in [0.717, 1.165) is 16.7 Å². The first-order chi connectivity index (χ1) is 10.2. The molecule has 22 heavy (non-hydrogen) atoms. The van der Waals surface area contributed by atoms with Crippen LogP contribution in [0.4, 0.5) is 0 Å². The normalized spacial score (nSPS) is 29.1. The van der Waals surface area contributed by atoms with Crippen LogP contribution < -0.4 is 0 Å². The van der Waals surface area contributed by atoms with Crippen molar-refractivity contribution in [2.75, 3.05) is 0 Å². The second-order valence-electron chi connectivity index (χ2n) is 7.34. The SMILES string of the molecule is C#CCC1=C(C)[C@H](OC(=O)[C@H]2[C@@H](C=C(C)C)C2(C)C)CC1=C. The summed E-state index contributed by atoms with van der Waals surface area (Å²) in [6.07, 6.45) is 8.64. The van der Waals surface area contributed by atoms with Crippen LogP contribution in [0.5, 0.6) is 0 Å². The van der Waals surface area contributed by atoms with Gasteiger partial charge in [0.1, 0.15) is 6.10 Å². The molecule has 0 unspecified atom stereocenters. The fourth-order valence-electron chi connectivity index (χ4n) is 3.48. The molecule has 2 aliphatic rings. The van der Waals surface area contributed by atoms with Gasteiger partial charge in [-0.2, -0.15) is 0 Å². The summed E-state index contributed by atoms with van der Waals surface area (Å²) in [7, 11) is 0. The minimum absolute atomic E-state index is 0.0107. The van der Waals surface area contributed by atoms with Crippen molar-refractivity contribution in [3.63, 3.8) is 0 Å². The van der Waals surface area contributed by atoms with Crippen LogP contribution in [0.1, 0.15) is 47.5 Å². The molecule has 0 spiro atoms. The summed E-state index contributed by atoms with van der Waals surface area (Å²) in [4.78, 5) is 12.5. The average Bonchev–Trinajstić information content (AvgIpc) is 2.83. The molecule has 0 N–H and O–H groups in total. The molecule has 0 heterocycles. The van der Waals surface area contributed by atoms with Crippen LogP contribution in [0.3, 0.4) is 0 Å². The standard InChI is InChI=1S/C20H26O2/c1-8-9-15-13(4)11-17(14(15)5)22-19(21)18-16(10-12(2)3)20(18,6)7/h1,10,16-18H,4,9,11H2,2-3,5-7H3/t16-,17-,18-/m1/s1. The Labute approximate surface area is 134 Å². The molecule has 0 aromatic rings. The van der Waals surface area contributed by atoms with Gasteiger partial charge in [0.25, 0.3) is 0 Å². The Kier molecular flexibility index (Phi) is 4.38. The van der Waals surface area contributed by atoms with E-state index in [1.807, 2.05) is 6.92 Å². The van der Waals surface area contributed by atoms with Crippen LogP contribution in [0, 0.1) is 29.6 Å². The van der Waals surface area contributed by atoms with Gasteiger partial charge >= 0.3 is 5.97 Å². The van der Waals surface area contributed by atoms with Crippen molar-refractivity contribution in [3.05, 3.63) is 34.9 Å². The molecule has 3 atom stereocenters. The van der Waals surface area contributed by atoms with Crippen LogP contribution in [-0.2, 0) is 9.53 Å². The molecule has 2 heteroatoms. The van der Waals surface area contributed by atoms with Crippen LogP contribution in [0.2, 0.25) is 0 Å². The molecule has 0 saturated heterocycles. The monoisotopic (exact) mass is 298 g/mol. The van der Waals surface area contributed by atoms with Gasteiger partial charge in [-0.25, -0.2) is 0 Å². The fraction of sp³-hybridized carbons (Fsp3) is 0.550. The highest BCUT2D eigenvalue weighted by atomic mass is 16.5. The number of carbonyl (C=O) groups is 1. The number of carbonyl (C=O) groups excluding carboxylic acids is 1. The second kappa shape index (κ2) is 5.80. The summed E-state index contributed by atoms with van der Waals surface area (Å²) in [6, 6.07) is 0. The zero-order chi connectivity index (χ0) is 16.7. The molecule has 0 amide bonds. The molecule has 1 fully saturated rings. The zero-order valence-corrected chi connectivity index (χ0v) is 14.3. The van der Waals surface area contributed by atoms with E-state index in [4.69, 9.17) is 11.2 Å². The quantitative estimate of drug-likeness (QED) is 0.436. The number of hydrogen-bond donors (Lipinski definition) is 0. The predicted octanol–water partition coefficient (Wildman–Crippen LogP) is 4.44. The van der Waals surface area contributed by atoms with E-state index in [1.165, 1.54) is 5.57 Å². The average molecular weight is 298 g/mol. The number of allylic oxidation sites excluding steroid dienone is 3. The number of hydrogen-bond acceptors (Lipinski definition) is 2. The van der Waals surface area contributed by atoms with Crippen molar-refractivity contribution in [2.24, 2.45) is 17.3 Å². The van der Waals surface area contributed by atoms with E-state index in [1.54, 1.807) is 0 Å². The minimum atomic E-state index is -0.188. The maximum absolute atomic E-state index is 12.5. The number of rotatable bonds is 4. The van der Waals surface area contributed by atoms with E-state index in [2.05, 4.69) is 46.3 Å². The van der Waals surface area contributed by atoms with Gasteiger partial charge in [0, 0.05) is 12.8 Å². The van der Waals surface area contributed by atoms with Gasteiger partial charge in [-0.3, -0.25) is 4.79 Å². The molecule has 1 saturated carbocycles. The van der Waals surface area contributed by atoms with Gasteiger partial charge in [-0.1, -0.05) is 32.1 Å². The van der Waals surface area contributed by atoms with Crippen molar-refractivity contribution in [1.29, 1.82) is 0 Å². The Morgan fingerprint density at radius 1 is 1.50 bits per heavy atom. The van der Waals surface area contributed by atoms with Crippen molar-refractivity contribution in [3.8, 4) is 12.3 Å². The summed E-state index contributed by atoms with van der Waals surface area (Å²) in [6.45, 7) is 14.4. The molecule has 0 radical (unpaired) electrons. The van der Waals surface area contributed by atoms with Crippen LogP contribution in [-0.4, -0.2) is 12.1 Å². The smallest absolute Gasteiger partial charge is 0.310 e. The molecular formula is C20H26O2. The molecule has 0 aromatic heterocycles. The van der Waals surface area contributed by atoms with Crippen LogP contribution >= 0.6 is 0 Å². The third kappa shape index (κ3) is 2.90. The van der Waals surface area contributed by atoms with Crippen molar-refractivity contribution >= 4 is 5.97 Å². The molecule has 2 nitrogen and oxygen atoms in total. The Morgan fingerprint density at radius 2 is 2.14 bits per heavy atom. The molecule has 0 aliphatic heterocycles. The summed E-state index contributed by atoms with van der Waals surface area (Å²) < 4.78 is 5.79. The maximum atomic E-state index is 12.5. The lowest BCUT2D eigenvalue weighted by Crippen LogP contribution is -2.20. The van der Waals surface area contributed by atoms with E-state index >= 15 is 0 Å². The summed E-state index contributed by atoms with van der Waals surface area (Å²) in [5.74, 6) is 2.80. The topological polar surface area (TPSA) is 26.3 Å². The van der Waals surface area contributed by atoms with E-state index in [9.17, 15) is 4.79 Å². The van der Waals surface area contributed by atoms with Crippen LogP contribution in [0.15, 0.2) is 34.9 Å². The van der Waals surface area contributed by atoms with Gasteiger partial charge in [0.2, 0.25) is 0 Å². The van der Waals surface area contributed by atoms with Gasteiger partial charge in [0.05, 0.1) is 5.92 Å². The first kappa shape index (κ1) is 16.6. The highest BCUT2D eigenvalue weighted by molar-refractivity contribution is 5.79. The molecule has 2 rings (SSSR count). The molecule has 0 bridgehead atoms. The molecule has 0 aromatic carbocycles. The Bertz CT molecular complexity index is 606. The van der Waals surface area contributed by atoms with Gasteiger partial charge in [-0.05, 0) is 48.8 Å². The van der Waals surface area contributed by atoms with E-state index < -0.39 is 0 Å². The minimum Gasteiger partial charge on any atom is -0.457 e. The second-order valence-corrected chi connectivity index (χ2v) is 7.34. The highest BCUT2D eigenvalue weighted by Gasteiger charge is 2.61. The Hall–Kier alpha value is -1.75. The Balaban J connectivity index is 2.07. The predicted molar refractivity (Wildman–Crippen MR) is 90.0 cm³/mol. The first-order valence-electron chi connectivity index (χ1n) is 7.87. The highest BCUT2D eigenvalue weighted by Crippen LogP contribution is 2.60. The van der Waals surface area contributed by atoms with Crippen LogP contribution in [0.25, 0.3) is 0 Å². The largest absolute Gasteiger partial charge is 0.457 e. The fourth-order valence-corrected chi connectivity index (χ4v) is 3.48. The summed E-state index contributed by atoms with van der Waals surface area (Å²) in [5.41, 5.74) is 4.38. The van der Waals surface area contributed by atoms with Gasteiger partial charge in [-0.15, -0.1) is 12.3 Å². The lowest BCUT2D eigenvalue weighted by atomic mass is 10.1. The summed E-state index contributed by atoms with van der Waals surface area (Å²) in [5, 5.41) is 0. The first-order valence-corrected chi connectivity index (χ1v) is 7.87. The number of terminal acetylenes is 1. The van der Waals surface area contributed by atoms with Crippen molar-refractivity contribution < 1.29 is 9.53 Å². The molecule has 118 valence electrons. The third-order valence-electron chi connectivity index (χ3n) is 5.03. The van der Waals surface area contributed by atoms with E-state index in [-0.39, 0.29) is 29.3 Å². The van der Waals surface area contributed by atoms with Gasteiger partial charge < -0.3 is 4.74 Å². The lowest BCUT2D eigenvalue weighted by molar-refractivity contribution is -0.149. The zero-order valence-electron chi connectivity index (χ0n) is 14.3. The maximum Gasteiger partial charge on any atom is 0.310 e. The number of esters is 1. The molecular weight excluding hydrogens is 272 g/mol. The van der Waals surface area contributed by atoms with E-state index in [0.29, 0.717) is 12.8 Å². The Morgan fingerprint density at radius 3 is 2.68 bits per heavy atom. The third-order valence-corrected chi connectivity index (χ3v) is 5.03. The van der Waals surface area contributed by atoms with Crippen molar-refractivity contribution in [2.45, 2.75) is 53.6 Å². The number of ether oxygens (including phenoxy) is 1. The summed E-state index contributed by atoms with van der Waals surface area (Å²) >= 11 is 0. The van der Waals surface area contributed by atoms with Gasteiger partial charge in [0.15, 0.2) is 0 Å². The molecule has 2 aliphatic carbocycles. The lowest BCUT2D eigenvalue weighted by Gasteiger charge is -2.14. The van der Waals surface area contributed by atoms with Crippen molar-refractivity contribution in [1.82, 2.24) is 0 Å².